The first-order valence-electron chi connectivity index (χ1n) is 7.60. The molecule has 1 amide bonds. The molecule has 1 atom stereocenters. The van der Waals surface area contributed by atoms with Gasteiger partial charge in [-0.3, -0.25) is 5.32 Å². The molecule has 0 bridgehead atoms. The summed E-state index contributed by atoms with van der Waals surface area (Å²) in [5, 5.41) is 9.76. The first kappa shape index (κ1) is 15.4. The van der Waals surface area contributed by atoms with Gasteiger partial charge in [0.15, 0.2) is 12.4 Å². The minimum absolute atomic E-state index is 0.00327. The molecule has 122 valence electrons. The Labute approximate surface area is 133 Å². The molecule has 1 aliphatic rings. The molecule has 2 aromatic rings. The van der Waals surface area contributed by atoms with Crippen molar-refractivity contribution in [2.24, 2.45) is 0 Å². The number of hydrogen-bond acceptors (Lipinski definition) is 6. The predicted molar refractivity (Wildman–Crippen MR) is 83.3 cm³/mol. The Kier molecular flexibility index (Phi) is 5.10. The highest BCUT2D eigenvalue weighted by Gasteiger charge is 2.16. The zero-order valence-electron chi connectivity index (χ0n) is 12.7. The number of anilines is 1. The highest BCUT2D eigenvalue weighted by Crippen LogP contribution is 2.14. The molecule has 0 spiro atoms. The second-order valence-corrected chi connectivity index (χ2v) is 5.30. The van der Waals surface area contributed by atoms with Gasteiger partial charge in [-0.15, -0.1) is 0 Å². The third-order valence-corrected chi connectivity index (χ3v) is 3.50. The molecule has 3 rings (SSSR count). The van der Waals surface area contributed by atoms with Gasteiger partial charge in [0, 0.05) is 17.8 Å². The van der Waals surface area contributed by atoms with Crippen LogP contribution in [-0.4, -0.2) is 30.4 Å². The minimum Gasteiger partial charge on any atom is -0.474 e. The van der Waals surface area contributed by atoms with Crippen LogP contribution in [0.2, 0.25) is 0 Å². The number of carbonyl (C=O) groups is 1. The third kappa shape index (κ3) is 4.72. The summed E-state index contributed by atoms with van der Waals surface area (Å²) in [6.07, 6.45) is 1.72. The number of aromatic nitrogens is 1. The van der Waals surface area contributed by atoms with Gasteiger partial charge in [0.25, 0.3) is 5.88 Å². The van der Waals surface area contributed by atoms with Crippen LogP contribution in [0.4, 0.5) is 10.5 Å². The monoisotopic (exact) mass is 317 g/mol. The molecule has 7 nitrogen and oxygen atoms in total. The van der Waals surface area contributed by atoms with Crippen molar-refractivity contribution in [3.63, 3.8) is 0 Å². The average molecular weight is 317 g/mol. The number of amides is 1. The van der Waals surface area contributed by atoms with E-state index in [2.05, 4.69) is 15.8 Å². The molecule has 1 aliphatic heterocycles. The highest BCUT2D eigenvalue weighted by molar-refractivity contribution is 5.84. The maximum atomic E-state index is 11.7. The van der Waals surface area contributed by atoms with E-state index in [0.29, 0.717) is 30.0 Å². The highest BCUT2D eigenvalue weighted by atomic mass is 16.6. The van der Waals surface area contributed by atoms with Crippen molar-refractivity contribution in [3.05, 3.63) is 42.2 Å². The van der Waals surface area contributed by atoms with E-state index >= 15 is 0 Å². The molecule has 2 N–H and O–H groups in total. The van der Waals surface area contributed by atoms with E-state index in [1.165, 1.54) is 6.42 Å². The van der Waals surface area contributed by atoms with Crippen molar-refractivity contribution < 1.29 is 18.8 Å². The number of nitrogens with zero attached hydrogens (tertiary/aromatic N) is 1. The van der Waals surface area contributed by atoms with Crippen molar-refractivity contribution in [1.29, 1.82) is 0 Å². The summed E-state index contributed by atoms with van der Waals surface area (Å²) in [7, 11) is 0. The number of carbonyl (C=O) groups excluding carboxylic acids is 1. The molecule has 1 saturated heterocycles. The quantitative estimate of drug-likeness (QED) is 0.851. The Balaban J connectivity index is 1.40. The van der Waals surface area contributed by atoms with Crippen molar-refractivity contribution in [3.8, 4) is 5.88 Å². The summed E-state index contributed by atoms with van der Waals surface area (Å²) >= 11 is 0. The van der Waals surface area contributed by atoms with E-state index in [0.717, 1.165) is 13.0 Å². The normalized spacial score (nSPS) is 17.0. The Morgan fingerprint density at radius 1 is 1.39 bits per heavy atom. The number of rotatable bonds is 6. The minimum atomic E-state index is -0.551. The number of hydrogen-bond donors (Lipinski definition) is 2. The molecule has 23 heavy (non-hydrogen) atoms. The van der Waals surface area contributed by atoms with Crippen LogP contribution in [0.5, 0.6) is 5.88 Å². The van der Waals surface area contributed by atoms with Crippen molar-refractivity contribution in [2.45, 2.75) is 25.5 Å². The summed E-state index contributed by atoms with van der Waals surface area (Å²) < 4.78 is 15.7. The summed E-state index contributed by atoms with van der Waals surface area (Å²) in [4.78, 5) is 11.7. The van der Waals surface area contributed by atoms with E-state index in [1.54, 1.807) is 18.2 Å². The van der Waals surface area contributed by atoms with E-state index in [4.69, 9.17) is 14.0 Å². The van der Waals surface area contributed by atoms with Gasteiger partial charge in [-0.2, -0.15) is 0 Å². The van der Waals surface area contributed by atoms with Gasteiger partial charge in [0.2, 0.25) is 0 Å². The summed E-state index contributed by atoms with van der Waals surface area (Å²) in [6, 6.07) is 11.1. The molecule has 0 saturated carbocycles. The first-order valence-corrected chi connectivity index (χ1v) is 7.60. The maximum absolute atomic E-state index is 11.7. The largest absolute Gasteiger partial charge is 0.474 e. The van der Waals surface area contributed by atoms with Crippen molar-refractivity contribution in [2.75, 3.05) is 18.5 Å². The lowest BCUT2D eigenvalue weighted by Gasteiger charge is -2.08. The molecule has 1 aromatic carbocycles. The Morgan fingerprint density at radius 3 is 3.04 bits per heavy atom. The second-order valence-electron chi connectivity index (χ2n) is 5.30. The second kappa shape index (κ2) is 7.64. The summed E-state index contributed by atoms with van der Waals surface area (Å²) in [5.74, 6) is 0.836. The smallest absolute Gasteiger partial charge is 0.412 e. The molecule has 0 aliphatic carbocycles. The predicted octanol–water partition coefficient (Wildman–Crippen LogP) is 2.55. The Hall–Kier alpha value is -2.54. The van der Waals surface area contributed by atoms with Crippen LogP contribution in [0.1, 0.15) is 18.6 Å². The molecular weight excluding hydrogens is 298 g/mol. The van der Waals surface area contributed by atoms with Gasteiger partial charge in [-0.1, -0.05) is 18.2 Å². The van der Waals surface area contributed by atoms with Gasteiger partial charge in [-0.05, 0) is 36.7 Å². The van der Waals surface area contributed by atoms with Crippen LogP contribution >= 0.6 is 0 Å². The standard InChI is InChI=1S/C16H19N3O4/c20-16(18-12-5-2-1-3-6-12)22-11-14-9-15(19-23-14)21-10-13-7-4-8-17-13/h1-3,5-6,9,13,17H,4,7-8,10-11H2,(H,18,20)/t13-/m0/s1. The van der Waals surface area contributed by atoms with Crippen LogP contribution in [0, 0.1) is 0 Å². The topological polar surface area (TPSA) is 85.6 Å². The molecule has 7 heteroatoms. The Morgan fingerprint density at radius 2 is 2.26 bits per heavy atom. The van der Waals surface area contributed by atoms with E-state index in [9.17, 15) is 4.79 Å². The van der Waals surface area contributed by atoms with Gasteiger partial charge in [0.05, 0.1) is 0 Å². The number of nitrogens with one attached hydrogen (secondary N) is 2. The molecule has 1 fully saturated rings. The van der Waals surface area contributed by atoms with Crippen molar-refractivity contribution in [1.82, 2.24) is 10.5 Å². The van der Waals surface area contributed by atoms with Gasteiger partial charge >= 0.3 is 6.09 Å². The fourth-order valence-corrected chi connectivity index (χ4v) is 2.33. The lowest BCUT2D eigenvalue weighted by Crippen LogP contribution is -2.28. The van der Waals surface area contributed by atoms with Crippen molar-refractivity contribution >= 4 is 11.8 Å². The van der Waals surface area contributed by atoms with E-state index in [-0.39, 0.29) is 6.61 Å². The number of ether oxygens (including phenoxy) is 2. The van der Waals surface area contributed by atoms with E-state index in [1.807, 2.05) is 18.2 Å². The molecule has 0 radical (unpaired) electrons. The molecule has 1 aromatic heterocycles. The zero-order valence-corrected chi connectivity index (χ0v) is 12.7. The summed E-state index contributed by atoms with van der Waals surface area (Å²) in [5.41, 5.74) is 0.670. The SMILES string of the molecule is O=C(Nc1ccccc1)OCc1cc(OC[C@@H]2CCCN2)no1. The van der Waals surface area contributed by atoms with E-state index < -0.39 is 6.09 Å². The maximum Gasteiger partial charge on any atom is 0.412 e. The number of benzene rings is 1. The fourth-order valence-electron chi connectivity index (χ4n) is 2.33. The third-order valence-electron chi connectivity index (χ3n) is 3.50. The molecular formula is C16H19N3O4. The Bertz CT molecular complexity index is 623. The number of para-hydroxylation sites is 1. The molecule has 0 unspecified atom stereocenters. The lowest BCUT2D eigenvalue weighted by atomic mass is 10.2. The van der Waals surface area contributed by atoms with Gasteiger partial charge in [-0.25, -0.2) is 4.79 Å². The van der Waals surface area contributed by atoms with Crippen LogP contribution < -0.4 is 15.4 Å². The van der Waals surface area contributed by atoms with Crippen LogP contribution in [0.25, 0.3) is 0 Å². The van der Waals surface area contributed by atoms with Gasteiger partial charge in [0.1, 0.15) is 6.61 Å². The van der Waals surface area contributed by atoms with Crippen LogP contribution in [-0.2, 0) is 11.3 Å². The van der Waals surface area contributed by atoms with Crippen LogP contribution in [0.3, 0.4) is 0 Å². The molecule has 2 heterocycles. The lowest BCUT2D eigenvalue weighted by molar-refractivity contribution is 0.141. The zero-order chi connectivity index (χ0) is 15.9. The van der Waals surface area contributed by atoms with Crippen LogP contribution in [0.15, 0.2) is 40.9 Å². The van der Waals surface area contributed by atoms with Gasteiger partial charge < -0.3 is 19.3 Å². The average Bonchev–Trinajstić information content (AvgIpc) is 3.24. The summed E-state index contributed by atoms with van der Waals surface area (Å²) in [6.45, 7) is 1.58. The fraction of sp³-hybridized carbons (Fsp3) is 0.375. The first-order chi connectivity index (χ1) is 11.3.